The van der Waals surface area contributed by atoms with Crippen LogP contribution in [0.5, 0.6) is 11.5 Å². The van der Waals surface area contributed by atoms with Gasteiger partial charge in [-0.2, -0.15) is 0 Å². The molecule has 3 N–H and O–H groups in total. The molecule has 0 saturated carbocycles. The Kier molecular flexibility index (Phi) is 4.47. The van der Waals surface area contributed by atoms with Gasteiger partial charge in [0.2, 0.25) is 0 Å². The third-order valence-corrected chi connectivity index (χ3v) is 4.06. The van der Waals surface area contributed by atoms with Crippen LogP contribution in [0.15, 0.2) is 42.5 Å². The van der Waals surface area contributed by atoms with E-state index in [1.54, 1.807) is 18.2 Å². The Morgan fingerprint density at radius 2 is 2.00 bits per heavy atom. The summed E-state index contributed by atoms with van der Waals surface area (Å²) in [4.78, 5) is 25.2. The Morgan fingerprint density at radius 3 is 2.72 bits per heavy atom. The van der Waals surface area contributed by atoms with Crippen molar-refractivity contribution in [2.24, 2.45) is 5.73 Å². The number of hydrogen-bond donors (Lipinski definition) is 2. The van der Waals surface area contributed by atoms with E-state index in [4.69, 9.17) is 15.2 Å². The molecule has 2 amide bonds. The van der Waals surface area contributed by atoms with Gasteiger partial charge in [0.25, 0.3) is 11.8 Å². The number of nitrogens with zero attached hydrogens (tertiary/aromatic N) is 1. The van der Waals surface area contributed by atoms with Crippen molar-refractivity contribution in [2.45, 2.75) is 6.17 Å². The van der Waals surface area contributed by atoms with Gasteiger partial charge in [-0.1, -0.05) is 18.2 Å². The van der Waals surface area contributed by atoms with E-state index in [0.717, 1.165) is 11.3 Å². The van der Waals surface area contributed by atoms with E-state index in [1.165, 1.54) is 7.11 Å². The molecule has 130 valence electrons. The number of nitrogens with one attached hydrogen (secondary N) is 1. The molecule has 0 aromatic heterocycles. The summed E-state index contributed by atoms with van der Waals surface area (Å²) in [7, 11) is 3.42. The minimum atomic E-state index is -0.568. The topological polar surface area (TPSA) is 93.9 Å². The molecule has 25 heavy (non-hydrogen) atoms. The van der Waals surface area contributed by atoms with Crippen molar-refractivity contribution in [3.8, 4) is 11.5 Å². The predicted molar refractivity (Wildman–Crippen MR) is 92.7 cm³/mol. The van der Waals surface area contributed by atoms with Gasteiger partial charge in [-0.25, -0.2) is 0 Å². The van der Waals surface area contributed by atoms with Crippen molar-refractivity contribution >= 4 is 17.5 Å². The minimum absolute atomic E-state index is 0.133. The van der Waals surface area contributed by atoms with Crippen molar-refractivity contribution < 1.29 is 19.1 Å². The van der Waals surface area contributed by atoms with Crippen LogP contribution in [0.2, 0.25) is 0 Å². The highest BCUT2D eigenvalue weighted by molar-refractivity contribution is 6.02. The zero-order valence-electron chi connectivity index (χ0n) is 14.0. The van der Waals surface area contributed by atoms with Crippen LogP contribution in [0.3, 0.4) is 0 Å². The number of carbonyl (C=O) groups excluding carboxylic acids is 2. The molecule has 1 atom stereocenters. The average Bonchev–Trinajstić information content (AvgIpc) is 2.63. The van der Waals surface area contributed by atoms with Crippen molar-refractivity contribution in [2.75, 3.05) is 25.7 Å². The third kappa shape index (κ3) is 3.21. The van der Waals surface area contributed by atoms with Crippen LogP contribution in [0.4, 0.5) is 5.69 Å². The first-order chi connectivity index (χ1) is 12.0. The summed E-state index contributed by atoms with van der Waals surface area (Å²) in [5, 5.41) is 2.98. The summed E-state index contributed by atoms with van der Waals surface area (Å²) >= 11 is 0. The minimum Gasteiger partial charge on any atom is -0.493 e. The number of hydrogen-bond acceptors (Lipinski definition) is 5. The van der Waals surface area contributed by atoms with Crippen LogP contribution in [0.1, 0.15) is 22.1 Å². The zero-order valence-corrected chi connectivity index (χ0v) is 14.0. The summed E-state index contributed by atoms with van der Waals surface area (Å²) in [6.45, 7) is -0.233. The molecular weight excluding hydrogens is 322 g/mol. The molecule has 3 rings (SSSR count). The average molecular weight is 341 g/mol. The van der Waals surface area contributed by atoms with Crippen LogP contribution in [0.25, 0.3) is 0 Å². The standard InChI is InChI=1S/C18H19N3O4/c1-21-13-6-4-3-5-12(13)18(23)20-17(21)11-7-8-14(15(9-11)24-2)25-10-16(19)22/h3-9,17H,10H2,1-2H3,(H2,19,22)(H,20,23)/t17-/m1/s1. The Labute approximate surface area is 145 Å². The molecule has 7 nitrogen and oxygen atoms in total. The molecule has 0 spiro atoms. The highest BCUT2D eigenvalue weighted by atomic mass is 16.5. The number of fused-ring (bicyclic) bond motifs is 1. The highest BCUT2D eigenvalue weighted by Crippen LogP contribution is 2.35. The summed E-state index contributed by atoms with van der Waals surface area (Å²) < 4.78 is 10.7. The van der Waals surface area contributed by atoms with Gasteiger partial charge in [0.1, 0.15) is 6.17 Å². The van der Waals surface area contributed by atoms with E-state index < -0.39 is 5.91 Å². The highest BCUT2D eigenvalue weighted by Gasteiger charge is 2.29. The third-order valence-electron chi connectivity index (χ3n) is 4.06. The van der Waals surface area contributed by atoms with Gasteiger partial charge >= 0.3 is 0 Å². The lowest BCUT2D eigenvalue weighted by molar-refractivity contribution is -0.119. The second-order valence-electron chi connectivity index (χ2n) is 5.67. The molecule has 0 unspecified atom stereocenters. The maximum absolute atomic E-state index is 12.4. The van der Waals surface area contributed by atoms with Crippen molar-refractivity contribution in [3.05, 3.63) is 53.6 Å². The lowest BCUT2D eigenvalue weighted by atomic mass is 10.0. The molecule has 1 heterocycles. The molecule has 1 aliphatic heterocycles. The van der Waals surface area contributed by atoms with E-state index in [0.29, 0.717) is 17.1 Å². The largest absolute Gasteiger partial charge is 0.493 e. The van der Waals surface area contributed by atoms with E-state index in [2.05, 4.69) is 5.32 Å². The van der Waals surface area contributed by atoms with E-state index in [-0.39, 0.29) is 18.7 Å². The van der Waals surface area contributed by atoms with Crippen molar-refractivity contribution in [1.82, 2.24) is 5.32 Å². The van der Waals surface area contributed by atoms with Crippen LogP contribution in [-0.4, -0.2) is 32.6 Å². The van der Waals surface area contributed by atoms with Crippen LogP contribution in [-0.2, 0) is 4.79 Å². The maximum Gasteiger partial charge on any atom is 0.255 e. The van der Waals surface area contributed by atoms with Gasteiger partial charge in [-0.15, -0.1) is 0 Å². The SMILES string of the molecule is COc1cc([C@@H]2NC(=O)c3ccccc3N2C)ccc1OCC(N)=O. The maximum atomic E-state index is 12.4. The fourth-order valence-electron chi connectivity index (χ4n) is 2.84. The van der Waals surface area contributed by atoms with Gasteiger partial charge in [-0.05, 0) is 29.8 Å². The van der Waals surface area contributed by atoms with Crippen molar-refractivity contribution in [1.29, 1.82) is 0 Å². The molecule has 0 fully saturated rings. The number of anilines is 1. The van der Waals surface area contributed by atoms with Crippen LogP contribution >= 0.6 is 0 Å². The molecule has 0 radical (unpaired) electrons. The summed E-state index contributed by atoms with van der Waals surface area (Å²) in [6, 6.07) is 12.7. The zero-order chi connectivity index (χ0) is 18.0. The number of benzene rings is 2. The lowest BCUT2D eigenvalue weighted by Crippen LogP contribution is -2.44. The van der Waals surface area contributed by atoms with Crippen LogP contribution in [0, 0.1) is 0 Å². The van der Waals surface area contributed by atoms with Gasteiger partial charge in [0.15, 0.2) is 18.1 Å². The van der Waals surface area contributed by atoms with Crippen LogP contribution < -0.4 is 25.4 Å². The Morgan fingerprint density at radius 1 is 1.24 bits per heavy atom. The number of nitrogens with two attached hydrogens (primary N) is 1. The molecule has 0 aliphatic carbocycles. The Balaban J connectivity index is 1.92. The predicted octanol–water partition coefficient (Wildman–Crippen LogP) is 1.44. The Bertz CT molecular complexity index is 822. The molecule has 0 saturated heterocycles. The normalized spacial score (nSPS) is 16.0. The number of ether oxygens (including phenoxy) is 2. The van der Waals surface area contributed by atoms with E-state index in [9.17, 15) is 9.59 Å². The van der Waals surface area contributed by atoms with E-state index >= 15 is 0 Å². The fraction of sp³-hybridized carbons (Fsp3) is 0.222. The molecular formula is C18H19N3O4. The first-order valence-electron chi connectivity index (χ1n) is 7.73. The number of primary amides is 1. The second kappa shape index (κ2) is 6.72. The van der Waals surface area contributed by atoms with Gasteiger partial charge in [0, 0.05) is 7.05 Å². The number of carbonyl (C=O) groups is 2. The molecule has 0 bridgehead atoms. The quantitative estimate of drug-likeness (QED) is 0.858. The first-order valence-corrected chi connectivity index (χ1v) is 7.73. The molecule has 2 aromatic carbocycles. The van der Waals surface area contributed by atoms with Gasteiger partial charge in [-0.3, -0.25) is 9.59 Å². The fourth-order valence-corrected chi connectivity index (χ4v) is 2.84. The second-order valence-corrected chi connectivity index (χ2v) is 5.67. The smallest absolute Gasteiger partial charge is 0.255 e. The first kappa shape index (κ1) is 16.6. The molecule has 2 aromatic rings. The van der Waals surface area contributed by atoms with Gasteiger partial charge in [0.05, 0.1) is 18.4 Å². The van der Waals surface area contributed by atoms with Gasteiger partial charge < -0.3 is 25.4 Å². The summed E-state index contributed by atoms with van der Waals surface area (Å²) in [6.07, 6.45) is -0.346. The van der Waals surface area contributed by atoms with E-state index in [1.807, 2.05) is 36.2 Å². The number of rotatable bonds is 5. The monoisotopic (exact) mass is 341 g/mol. The molecule has 1 aliphatic rings. The number of amides is 2. The Hall–Kier alpha value is -3.22. The molecule has 7 heteroatoms. The summed E-state index contributed by atoms with van der Waals surface area (Å²) in [5.74, 6) is 0.171. The summed E-state index contributed by atoms with van der Waals surface area (Å²) in [5.41, 5.74) is 7.41. The van der Waals surface area contributed by atoms with Crippen molar-refractivity contribution in [3.63, 3.8) is 0 Å². The number of methoxy groups -OCH3 is 1. The lowest BCUT2D eigenvalue weighted by Gasteiger charge is -2.36. The number of para-hydroxylation sites is 1.